The van der Waals surface area contributed by atoms with Gasteiger partial charge in [0, 0.05) is 17.2 Å². The highest BCUT2D eigenvalue weighted by Crippen LogP contribution is 2.30. The maximum atomic E-state index is 12.3. The molecule has 1 aliphatic rings. The maximum Gasteiger partial charge on any atom is 0.363 e. The molecule has 0 bridgehead atoms. The van der Waals surface area contributed by atoms with E-state index in [9.17, 15) is 19.7 Å². The van der Waals surface area contributed by atoms with Crippen LogP contribution in [0, 0.1) is 17.0 Å². The third-order valence-corrected chi connectivity index (χ3v) is 4.41. The van der Waals surface area contributed by atoms with E-state index in [1.54, 1.807) is 32.0 Å². The molecular formula is C22H20N2O8. The monoisotopic (exact) mass is 440 g/mol. The van der Waals surface area contributed by atoms with Gasteiger partial charge in [0.25, 0.3) is 5.69 Å². The summed E-state index contributed by atoms with van der Waals surface area (Å²) in [5, 5.41) is 11.0. The number of carbonyl (C=O) groups is 2. The normalized spacial score (nSPS) is 14.0. The number of aliphatic imine (C=N–C) groups is 1. The minimum atomic E-state index is -0.653. The van der Waals surface area contributed by atoms with Crippen LogP contribution < -0.4 is 9.47 Å². The Hall–Kier alpha value is -4.21. The van der Waals surface area contributed by atoms with Gasteiger partial charge in [0.15, 0.2) is 23.8 Å². The van der Waals surface area contributed by atoms with Crippen LogP contribution in [0.15, 0.2) is 47.1 Å². The number of cyclic esters (lactones) is 1. The molecule has 0 aromatic heterocycles. The summed E-state index contributed by atoms with van der Waals surface area (Å²) in [6, 6.07) is 9.25. The molecule has 0 N–H and O–H groups in total. The number of carbonyl (C=O) groups excluding carboxylic acids is 2. The highest BCUT2D eigenvalue weighted by atomic mass is 16.6. The van der Waals surface area contributed by atoms with E-state index in [1.165, 1.54) is 31.4 Å². The van der Waals surface area contributed by atoms with Gasteiger partial charge in [-0.05, 0) is 49.8 Å². The van der Waals surface area contributed by atoms with Gasteiger partial charge in [-0.25, -0.2) is 14.6 Å². The van der Waals surface area contributed by atoms with Crippen molar-refractivity contribution < 1.29 is 33.5 Å². The molecule has 2 aromatic carbocycles. The van der Waals surface area contributed by atoms with Crippen LogP contribution in [0.25, 0.3) is 6.08 Å². The average Bonchev–Trinajstić information content (AvgIpc) is 3.13. The van der Waals surface area contributed by atoms with Crippen LogP contribution in [0.3, 0.4) is 0 Å². The number of nitro benzene ring substituents is 1. The molecule has 1 heterocycles. The third-order valence-electron chi connectivity index (χ3n) is 4.41. The van der Waals surface area contributed by atoms with E-state index in [0.29, 0.717) is 34.8 Å². The van der Waals surface area contributed by atoms with Crippen molar-refractivity contribution in [3.8, 4) is 11.5 Å². The second kappa shape index (κ2) is 9.73. The largest absolute Gasteiger partial charge is 0.490 e. The summed E-state index contributed by atoms with van der Waals surface area (Å²) in [5.41, 5.74) is 1.49. The summed E-state index contributed by atoms with van der Waals surface area (Å²) >= 11 is 0. The molecule has 0 unspecified atom stereocenters. The van der Waals surface area contributed by atoms with Gasteiger partial charge in [0.2, 0.25) is 5.90 Å². The Labute approximate surface area is 183 Å². The molecule has 0 amide bonds. The van der Waals surface area contributed by atoms with Crippen LogP contribution in [0.1, 0.15) is 23.6 Å². The van der Waals surface area contributed by atoms with Gasteiger partial charge < -0.3 is 18.9 Å². The molecule has 0 saturated heterocycles. The highest BCUT2D eigenvalue weighted by Gasteiger charge is 2.25. The molecule has 0 radical (unpaired) electrons. The Kier molecular flexibility index (Phi) is 6.83. The topological polar surface area (TPSA) is 127 Å². The highest BCUT2D eigenvalue weighted by molar-refractivity contribution is 6.13. The van der Waals surface area contributed by atoms with Gasteiger partial charge in [-0.3, -0.25) is 10.1 Å². The molecular weight excluding hydrogens is 420 g/mol. The Balaban J connectivity index is 1.87. The van der Waals surface area contributed by atoms with Crippen LogP contribution >= 0.6 is 0 Å². The number of ether oxygens (including phenoxy) is 4. The summed E-state index contributed by atoms with van der Waals surface area (Å²) in [6.07, 6.45) is 1.51. The molecule has 0 atom stereocenters. The van der Waals surface area contributed by atoms with E-state index in [2.05, 4.69) is 9.73 Å². The lowest BCUT2D eigenvalue weighted by Gasteiger charge is -2.11. The molecule has 10 nitrogen and oxygen atoms in total. The van der Waals surface area contributed by atoms with Crippen molar-refractivity contribution in [2.75, 3.05) is 20.3 Å². The molecule has 1 aliphatic heterocycles. The van der Waals surface area contributed by atoms with Crippen molar-refractivity contribution in [3.63, 3.8) is 0 Å². The first-order valence-electron chi connectivity index (χ1n) is 9.56. The molecule has 2 aromatic rings. The number of aryl methyl sites for hydroxylation is 1. The maximum absolute atomic E-state index is 12.3. The molecule has 0 saturated carbocycles. The summed E-state index contributed by atoms with van der Waals surface area (Å²) < 4.78 is 20.8. The van der Waals surface area contributed by atoms with Gasteiger partial charge >= 0.3 is 11.9 Å². The standard InChI is InChI=1S/C22H20N2O8/c1-4-30-19-11-14(5-8-18(19)31-12-20(25)29-3)10-16-22(26)32-21(23-16)15-6-7-17(24(27)28)13(2)9-15/h5-11H,4,12H2,1-3H3/b16-10-. The summed E-state index contributed by atoms with van der Waals surface area (Å²) in [4.78, 5) is 38.3. The minimum Gasteiger partial charge on any atom is -0.490 e. The number of esters is 2. The zero-order valence-corrected chi connectivity index (χ0v) is 17.6. The SMILES string of the molecule is CCOc1cc(/C=C2\N=C(c3ccc([N+](=O)[O-])c(C)c3)OC2=O)ccc1OCC(=O)OC. The van der Waals surface area contributed by atoms with Crippen LogP contribution in [-0.4, -0.2) is 43.1 Å². The Morgan fingerprint density at radius 1 is 1.19 bits per heavy atom. The number of benzene rings is 2. The van der Waals surface area contributed by atoms with E-state index in [0.717, 1.165) is 0 Å². The Bertz CT molecular complexity index is 1140. The second-order valence-corrected chi connectivity index (χ2v) is 6.60. The van der Waals surface area contributed by atoms with E-state index >= 15 is 0 Å². The summed E-state index contributed by atoms with van der Waals surface area (Å²) in [5.74, 6) is -0.399. The van der Waals surface area contributed by atoms with E-state index in [1.807, 2.05) is 0 Å². The van der Waals surface area contributed by atoms with Crippen molar-refractivity contribution in [3.05, 3.63) is 68.9 Å². The fourth-order valence-corrected chi connectivity index (χ4v) is 2.88. The third kappa shape index (κ3) is 5.09. The van der Waals surface area contributed by atoms with Crippen molar-refractivity contribution in [1.29, 1.82) is 0 Å². The molecule has 166 valence electrons. The lowest BCUT2D eigenvalue weighted by Crippen LogP contribution is -2.13. The van der Waals surface area contributed by atoms with Crippen LogP contribution in [0.2, 0.25) is 0 Å². The van der Waals surface area contributed by atoms with Gasteiger partial charge in [0.1, 0.15) is 0 Å². The van der Waals surface area contributed by atoms with Crippen LogP contribution in [0.5, 0.6) is 11.5 Å². The van der Waals surface area contributed by atoms with Crippen molar-refractivity contribution >= 4 is 29.6 Å². The van der Waals surface area contributed by atoms with E-state index in [-0.39, 0.29) is 23.9 Å². The van der Waals surface area contributed by atoms with Crippen LogP contribution in [0.4, 0.5) is 5.69 Å². The smallest absolute Gasteiger partial charge is 0.363 e. The first-order chi connectivity index (χ1) is 15.3. The predicted octanol–water partition coefficient (Wildman–Crippen LogP) is 3.20. The lowest BCUT2D eigenvalue weighted by molar-refractivity contribution is -0.385. The molecule has 10 heteroatoms. The Morgan fingerprint density at radius 2 is 1.97 bits per heavy atom. The molecule has 0 aliphatic carbocycles. The number of nitro groups is 1. The number of nitrogens with zero attached hydrogens (tertiary/aromatic N) is 2. The van der Waals surface area contributed by atoms with E-state index in [4.69, 9.17) is 14.2 Å². The number of methoxy groups -OCH3 is 1. The van der Waals surface area contributed by atoms with Crippen molar-refractivity contribution in [2.45, 2.75) is 13.8 Å². The van der Waals surface area contributed by atoms with Gasteiger partial charge in [-0.2, -0.15) is 0 Å². The predicted molar refractivity (Wildman–Crippen MR) is 114 cm³/mol. The zero-order valence-electron chi connectivity index (χ0n) is 17.6. The number of hydrogen-bond acceptors (Lipinski definition) is 9. The van der Waals surface area contributed by atoms with Gasteiger partial charge in [0.05, 0.1) is 18.6 Å². The fraction of sp³-hybridized carbons (Fsp3) is 0.227. The number of rotatable bonds is 8. The first-order valence-corrected chi connectivity index (χ1v) is 9.56. The lowest BCUT2D eigenvalue weighted by atomic mass is 10.1. The zero-order chi connectivity index (χ0) is 23.3. The number of hydrogen-bond donors (Lipinski definition) is 0. The molecule has 3 rings (SSSR count). The molecule has 32 heavy (non-hydrogen) atoms. The summed E-state index contributed by atoms with van der Waals surface area (Å²) in [7, 11) is 1.26. The van der Waals surface area contributed by atoms with E-state index < -0.39 is 16.9 Å². The van der Waals surface area contributed by atoms with Gasteiger partial charge in [-0.1, -0.05) is 6.07 Å². The Morgan fingerprint density at radius 3 is 2.62 bits per heavy atom. The first kappa shape index (κ1) is 22.5. The van der Waals surface area contributed by atoms with Gasteiger partial charge in [-0.15, -0.1) is 0 Å². The summed E-state index contributed by atoms with van der Waals surface area (Å²) in [6.45, 7) is 3.48. The van der Waals surface area contributed by atoms with Crippen LogP contribution in [-0.2, 0) is 19.1 Å². The van der Waals surface area contributed by atoms with Crippen molar-refractivity contribution in [2.24, 2.45) is 4.99 Å². The molecule has 0 spiro atoms. The fourth-order valence-electron chi connectivity index (χ4n) is 2.88. The average molecular weight is 440 g/mol. The van der Waals surface area contributed by atoms with Crippen molar-refractivity contribution in [1.82, 2.24) is 0 Å². The minimum absolute atomic E-state index is 0.0348. The second-order valence-electron chi connectivity index (χ2n) is 6.60. The quantitative estimate of drug-likeness (QED) is 0.265. The molecule has 0 fully saturated rings.